The van der Waals surface area contributed by atoms with Crippen LogP contribution in [-0.2, 0) is 19.0 Å². The molecule has 5 nitrogen and oxygen atoms in total. The highest BCUT2D eigenvalue weighted by molar-refractivity contribution is 5.93. The van der Waals surface area contributed by atoms with Gasteiger partial charge >= 0.3 is 6.18 Å². The largest absolute Gasteiger partial charge is 0.433 e. The summed E-state index contributed by atoms with van der Waals surface area (Å²) in [6.07, 6.45) is -2.13. The first-order valence-electron chi connectivity index (χ1n) is 10.6. The van der Waals surface area contributed by atoms with Gasteiger partial charge in [0.15, 0.2) is 17.0 Å². The van der Waals surface area contributed by atoms with Gasteiger partial charge in [-0.3, -0.25) is 4.79 Å². The molecule has 0 spiro atoms. The van der Waals surface area contributed by atoms with Crippen molar-refractivity contribution in [3.63, 3.8) is 0 Å². The number of benzene rings is 1. The molecule has 1 aliphatic heterocycles. The Kier molecular flexibility index (Phi) is 4.57. The molecular weight excluding hydrogens is 405 g/mol. The lowest BCUT2D eigenvalue weighted by Crippen LogP contribution is -2.44. The standard InChI is InChI=1S/C23H23F3N4O/c1-13-9-10-29(14(2)11-13)22(31)18-12-19-27-20-16-6-4-3-5-15(16)7-8-17(20)21(23(24,25)26)30(19)28-18/h3-6,12-14H,7-11H2,1-2H3/t13-,14-/m0/s1. The summed E-state index contributed by atoms with van der Waals surface area (Å²) in [6.45, 7) is 4.70. The fourth-order valence-electron chi connectivity index (χ4n) is 4.98. The summed E-state index contributed by atoms with van der Waals surface area (Å²) in [4.78, 5) is 19.4. The number of alkyl halides is 3. The summed E-state index contributed by atoms with van der Waals surface area (Å²) < 4.78 is 43.3. The summed E-state index contributed by atoms with van der Waals surface area (Å²) >= 11 is 0. The van der Waals surface area contributed by atoms with Crippen molar-refractivity contribution in [1.29, 1.82) is 0 Å². The van der Waals surface area contributed by atoms with E-state index in [4.69, 9.17) is 0 Å². The molecule has 1 aliphatic carbocycles. The molecule has 162 valence electrons. The molecule has 5 rings (SSSR count). The summed E-state index contributed by atoms with van der Waals surface area (Å²) in [6, 6.07) is 8.81. The van der Waals surface area contributed by atoms with Gasteiger partial charge < -0.3 is 4.90 Å². The van der Waals surface area contributed by atoms with Gasteiger partial charge in [-0.2, -0.15) is 18.3 Å². The fraction of sp³-hybridized carbons (Fsp3) is 0.435. The Morgan fingerprint density at radius 3 is 2.68 bits per heavy atom. The van der Waals surface area contributed by atoms with Crippen LogP contribution in [0.2, 0.25) is 0 Å². The third kappa shape index (κ3) is 3.28. The number of likely N-dealkylation sites (tertiary alicyclic amines) is 1. The maximum absolute atomic E-state index is 14.2. The Labute approximate surface area is 177 Å². The predicted octanol–water partition coefficient (Wildman–Crippen LogP) is 4.77. The average molecular weight is 428 g/mol. The van der Waals surface area contributed by atoms with Crippen LogP contribution >= 0.6 is 0 Å². The maximum atomic E-state index is 14.2. The lowest BCUT2D eigenvalue weighted by molar-refractivity contribution is -0.143. The third-order valence-electron chi connectivity index (χ3n) is 6.50. The van der Waals surface area contributed by atoms with Crippen LogP contribution < -0.4 is 0 Å². The van der Waals surface area contributed by atoms with E-state index in [2.05, 4.69) is 17.0 Å². The van der Waals surface area contributed by atoms with E-state index in [0.717, 1.165) is 22.9 Å². The van der Waals surface area contributed by atoms with E-state index in [-0.39, 0.29) is 35.3 Å². The van der Waals surface area contributed by atoms with Crippen LogP contribution in [0.3, 0.4) is 0 Å². The van der Waals surface area contributed by atoms with Crippen LogP contribution in [0, 0.1) is 5.92 Å². The van der Waals surface area contributed by atoms with Gasteiger partial charge in [0.1, 0.15) is 0 Å². The van der Waals surface area contributed by atoms with Crippen molar-refractivity contribution in [3.8, 4) is 11.3 Å². The molecule has 2 atom stereocenters. The molecule has 2 aromatic heterocycles. The van der Waals surface area contributed by atoms with E-state index in [1.54, 1.807) is 17.0 Å². The lowest BCUT2D eigenvalue weighted by Gasteiger charge is -2.36. The molecule has 0 radical (unpaired) electrons. The molecule has 0 unspecified atom stereocenters. The quantitative estimate of drug-likeness (QED) is 0.561. The smallest absolute Gasteiger partial charge is 0.335 e. The van der Waals surface area contributed by atoms with Crippen LogP contribution in [0.1, 0.15) is 54.0 Å². The molecule has 2 aliphatic rings. The minimum Gasteiger partial charge on any atom is -0.335 e. The van der Waals surface area contributed by atoms with Gasteiger partial charge in [0.05, 0.1) is 5.69 Å². The normalized spacial score (nSPS) is 21.1. The number of carbonyl (C=O) groups is 1. The van der Waals surface area contributed by atoms with E-state index >= 15 is 0 Å². The predicted molar refractivity (Wildman–Crippen MR) is 110 cm³/mol. The number of fused-ring (bicyclic) bond motifs is 4. The second-order valence-corrected chi connectivity index (χ2v) is 8.72. The number of amides is 1. The zero-order valence-electron chi connectivity index (χ0n) is 17.4. The molecule has 1 saturated heterocycles. The SMILES string of the molecule is C[C@H]1CCN(C(=O)c2cc3nc4c(c(C(F)(F)F)n3n2)CCc2ccccc2-4)[C@@H](C)C1. The molecule has 3 heterocycles. The first-order chi connectivity index (χ1) is 14.7. The summed E-state index contributed by atoms with van der Waals surface area (Å²) in [7, 11) is 0. The molecule has 3 aromatic rings. The number of hydrogen-bond donors (Lipinski definition) is 0. The Balaban J connectivity index is 1.66. The number of piperidine rings is 1. The van der Waals surface area contributed by atoms with Crippen LogP contribution in [0.4, 0.5) is 13.2 Å². The highest BCUT2D eigenvalue weighted by Crippen LogP contribution is 2.40. The van der Waals surface area contributed by atoms with Gasteiger partial charge in [-0.1, -0.05) is 31.2 Å². The van der Waals surface area contributed by atoms with Crippen molar-refractivity contribution in [1.82, 2.24) is 19.5 Å². The molecular formula is C23H23F3N4O. The van der Waals surface area contributed by atoms with Crippen molar-refractivity contribution in [2.45, 2.75) is 51.7 Å². The van der Waals surface area contributed by atoms with Gasteiger partial charge in [0.25, 0.3) is 5.91 Å². The number of aromatic nitrogens is 3. The maximum Gasteiger partial charge on any atom is 0.433 e. The molecule has 1 aromatic carbocycles. The highest BCUT2D eigenvalue weighted by atomic mass is 19.4. The molecule has 1 amide bonds. The fourth-order valence-corrected chi connectivity index (χ4v) is 4.98. The molecule has 31 heavy (non-hydrogen) atoms. The second kappa shape index (κ2) is 7.07. The van der Waals surface area contributed by atoms with Crippen LogP contribution in [0.5, 0.6) is 0 Å². The molecule has 8 heteroatoms. The van der Waals surface area contributed by atoms with Gasteiger partial charge in [0.2, 0.25) is 0 Å². The van der Waals surface area contributed by atoms with E-state index < -0.39 is 11.9 Å². The molecule has 1 fully saturated rings. The first kappa shape index (κ1) is 20.0. The Bertz CT molecular complexity index is 1180. The van der Waals surface area contributed by atoms with Crippen molar-refractivity contribution in [2.24, 2.45) is 5.92 Å². The topological polar surface area (TPSA) is 50.5 Å². The Morgan fingerprint density at radius 1 is 1.16 bits per heavy atom. The minimum absolute atomic E-state index is 0.00929. The van der Waals surface area contributed by atoms with Crippen molar-refractivity contribution < 1.29 is 18.0 Å². The average Bonchev–Trinajstić information content (AvgIpc) is 3.14. The molecule has 0 bridgehead atoms. The first-order valence-corrected chi connectivity index (χ1v) is 10.6. The number of carbonyl (C=O) groups excluding carboxylic acids is 1. The number of halogens is 3. The molecule has 0 saturated carbocycles. The summed E-state index contributed by atoms with van der Waals surface area (Å²) in [5.41, 5.74) is 1.39. The number of nitrogens with zero attached hydrogens (tertiary/aromatic N) is 4. The van der Waals surface area contributed by atoms with E-state index in [9.17, 15) is 18.0 Å². The Morgan fingerprint density at radius 2 is 1.94 bits per heavy atom. The third-order valence-corrected chi connectivity index (χ3v) is 6.50. The second-order valence-electron chi connectivity index (χ2n) is 8.72. The number of hydrogen-bond acceptors (Lipinski definition) is 3. The van der Waals surface area contributed by atoms with E-state index in [0.29, 0.717) is 30.1 Å². The van der Waals surface area contributed by atoms with Crippen molar-refractivity contribution in [3.05, 3.63) is 52.8 Å². The molecule has 0 N–H and O–H groups in total. The van der Waals surface area contributed by atoms with Gasteiger partial charge in [0, 0.05) is 29.8 Å². The van der Waals surface area contributed by atoms with Gasteiger partial charge in [-0.05, 0) is 44.1 Å². The zero-order valence-corrected chi connectivity index (χ0v) is 17.4. The van der Waals surface area contributed by atoms with Crippen LogP contribution in [0.15, 0.2) is 30.3 Å². The van der Waals surface area contributed by atoms with Crippen LogP contribution in [0.25, 0.3) is 16.9 Å². The van der Waals surface area contributed by atoms with Crippen LogP contribution in [-0.4, -0.2) is 38.0 Å². The monoisotopic (exact) mass is 428 g/mol. The lowest BCUT2D eigenvalue weighted by atomic mass is 9.88. The van der Waals surface area contributed by atoms with Gasteiger partial charge in [-0.25, -0.2) is 9.50 Å². The number of rotatable bonds is 1. The van der Waals surface area contributed by atoms with E-state index in [1.165, 1.54) is 6.07 Å². The Hall–Kier alpha value is -2.90. The van der Waals surface area contributed by atoms with Crippen molar-refractivity contribution >= 4 is 11.6 Å². The number of aryl methyl sites for hydroxylation is 1. The minimum atomic E-state index is -4.61. The highest BCUT2D eigenvalue weighted by Gasteiger charge is 2.40. The summed E-state index contributed by atoms with van der Waals surface area (Å²) in [5, 5.41) is 4.11. The van der Waals surface area contributed by atoms with Crippen molar-refractivity contribution in [2.75, 3.05) is 6.54 Å². The van der Waals surface area contributed by atoms with Gasteiger partial charge in [-0.15, -0.1) is 0 Å². The summed E-state index contributed by atoms with van der Waals surface area (Å²) in [5.74, 6) is 0.182. The zero-order chi connectivity index (χ0) is 21.9. The van der Waals surface area contributed by atoms with E-state index in [1.807, 2.05) is 19.1 Å².